The maximum Gasteiger partial charge on any atom is 0.387 e. The van der Waals surface area contributed by atoms with Gasteiger partial charge in [0.2, 0.25) is 0 Å². The normalized spacial score (nSPS) is 17.9. The van der Waals surface area contributed by atoms with E-state index in [4.69, 9.17) is 14.2 Å². The standard InChI is InChI=1S/C26H28F4N4O4/c1-36-20-9-15(10-21(38-26(29)30)24(20)25(35)32-16-4-5-16)19-12-31-23-11-18(6-8-34(19)23)37-14-17-3-2-7-33(17)13-22(27)28/h6,8-12,16-17,22,26H,2-5,7,13-14H2,1H3,(H,32,35)/t17-/m1/s1. The maximum atomic E-state index is 13.3. The van der Waals surface area contributed by atoms with Gasteiger partial charge in [-0.2, -0.15) is 8.78 Å². The van der Waals surface area contributed by atoms with Crippen LogP contribution in [0.5, 0.6) is 17.2 Å². The average molecular weight is 537 g/mol. The topological polar surface area (TPSA) is 77.3 Å². The number of nitrogens with zero attached hydrogens (tertiary/aromatic N) is 3. The lowest BCUT2D eigenvalue weighted by Gasteiger charge is -2.24. The summed E-state index contributed by atoms with van der Waals surface area (Å²) in [5, 5.41) is 2.78. The van der Waals surface area contributed by atoms with Crippen molar-refractivity contribution in [1.29, 1.82) is 0 Å². The van der Waals surface area contributed by atoms with E-state index in [2.05, 4.69) is 10.3 Å². The number of likely N-dealkylation sites (tertiary alicyclic amines) is 1. The Labute approximate surface area is 216 Å². The van der Waals surface area contributed by atoms with E-state index < -0.39 is 18.9 Å². The van der Waals surface area contributed by atoms with Crippen molar-refractivity contribution in [3.8, 4) is 28.5 Å². The summed E-state index contributed by atoms with van der Waals surface area (Å²) in [6.07, 6.45) is 4.20. The highest BCUT2D eigenvalue weighted by Gasteiger charge is 2.30. The highest BCUT2D eigenvalue weighted by molar-refractivity contribution is 6.01. The molecule has 2 aromatic heterocycles. The number of carbonyl (C=O) groups excluding carboxylic acids is 1. The number of fused-ring (bicyclic) bond motifs is 1. The van der Waals surface area contributed by atoms with Crippen LogP contribution in [0.15, 0.2) is 36.7 Å². The van der Waals surface area contributed by atoms with Crippen molar-refractivity contribution < 1.29 is 36.6 Å². The zero-order valence-electron chi connectivity index (χ0n) is 20.7. The lowest BCUT2D eigenvalue weighted by Crippen LogP contribution is -2.37. The number of ether oxygens (including phenoxy) is 3. The van der Waals surface area contributed by atoms with E-state index in [1.165, 1.54) is 13.2 Å². The van der Waals surface area contributed by atoms with Crippen LogP contribution in [0.3, 0.4) is 0 Å². The van der Waals surface area contributed by atoms with Crippen LogP contribution in [0.25, 0.3) is 16.9 Å². The van der Waals surface area contributed by atoms with Gasteiger partial charge < -0.3 is 19.5 Å². The second-order valence-electron chi connectivity index (χ2n) is 9.41. The van der Waals surface area contributed by atoms with E-state index in [9.17, 15) is 22.4 Å². The molecule has 3 heterocycles. The summed E-state index contributed by atoms with van der Waals surface area (Å²) in [5.41, 5.74) is 1.44. The van der Waals surface area contributed by atoms with Gasteiger partial charge in [-0.3, -0.25) is 14.1 Å². The minimum absolute atomic E-state index is 0.0162. The molecule has 1 saturated carbocycles. The molecule has 1 amide bonds. The first-order valence-electron chi connectivity index (χ1n) is 12.4. The number of halogens is 4. The molecule has 0 bridgehead atoms. The van der Waals surface area contributed by atoms with Gasteiger partial charge in [0.05, 0.1) is 25.5 Å². The summed E-state index contributed by atoms with van der Waals surface area (Å²) in [5.74, 6) is -0.214. The van der Waals surface area contributed by atoms with E-state index in [0.717, 1.165) is 25.7 Å². The number of methoxy groups -OCH3 is 1. The Morgan fingerprint density at radius 3 is 2.66 bits per heavy atom. The minimum atomic E-state index is -3.14. The summed E-state index contributed by atoms with van der Waals surface area (Å²) >= 11 is 0. The number of benzene rings is 1. The number of imidazole rings is 1. The quantitative estimate of drug-likeness (QED) is 0.361. The Hall–Kier alpha value is -3.54. The van der Waals surface area contributed by atoms with E-state index in [-0.39, 0.29) is 42.3 Å². The van der Waals surface area contributed by atoms with Crippen molar-refractivity contribution in [2.45, 2.75) is 50.8 Å². The second kappa shape index (κ2) is 11.1. The molecular formula is C26H28F4N4O4. The van der Waals surface area contributed by atoms with E-state index in [0.29, 0.717) is 29.2 Å². The molecule has 1 atom stereocenters. The van der Waals surface area contributed by atoms with Crippen LogP contribution in [-0.2, 0) is 0 Å². The molecule has 0 unspecified atom stereocenters. The van der Waals surface area contributed by atoms with Gasteiger partial charge in [0.15, 0.2) is 0 Å². The van der Waals surface area contributed by atoms with Crippen molar-refractivity contribution in [3.05, 3.63) is 42.2 Å². The number of carbonyl (C=O) groups is 1. The molecule has 3 aromatic rings. The summed E-state index contributed by atoms with van der Waals surface area (Å²) in [6.45, 7) is -2.49. The highest BCUT2D eigenvalue weighted by Crippen LogP contribution is 2.37. The Kier molecular flexibility index (Phi) is 7.59. The zero-order chi connectivity index (χ0) is 26.8. The largest absolute Gasteiger partial charge is 0.496 e. The molecule has 38 heavy (non-hydrogen) atoms. The third-order valence-electron chi connectivity index (χ3n) is 6.74. The fourth-order valence-electron chi connectivity index (χ4n) is 4.76. The molecule has 1 aliphatic carbocycles. The maximum absolute atomic E-state index is 13.3. The fourth-order valence-corrected chi connectivity index (χ4v) is 4.76. The third-order valence-corrected chi connectivity index (χ3v) is 6.74. The number of hydrogen-bond donors (Lipinski definition) is 1. The number of pyridine rings is 1. The van der Waals surface area contributed by atoms with Crippen molar-refractivity contribution in [2.75, 3.05) is 26.8 Å². The minimum Gasteiger partial charge on any atom is -0.496 e. The molecule has 0 spiro atoms. The molecule has 1 aromatic carbocycles. The first-order chi connectivity index (χ1) is 18.3. The SMILES string of the molecule is COc1cc(-c2cnc3cc(OC[C@H]4CCCN4CC(F)F)ccn23)cc(OC(F)F)c1C(=O)NC1CC1. The van der Waals surface area contributed by atoms with Gasteiger partial charge in [0.25, 0.3) is 12.3 Å². The molecule has 1 saturated heterocycles. The number of amides is 1. The monoisotopic (exact) mass is 536 g/mol. The van der Waals surface area contributed by atoms with Gasteiger partial charge in [0.1, 0.15) is 35.1 Å². The molecular weight excluding hydrogens is 508 g/mol. The van der Waals surface area contributed by atoms with Gasteiger partial charge in [-0.25, -0.2) is 13.8 Å². The Morgan fingerprint density at radius 1 is 1.16 bits per heavy atom. The third kappa shape index (κ3) is 5.79. The molecule has 12 heteroatoms. The van der Waals surface area contributed by atoms with E-state index >= 15 is 0 Å². The van der Waals surface area contributed by atoms with Crippen molar-refractivity contribution in [3.63, 3.8) is 0 Å². The zero-order valence-corrected chi connectivity index (χ0v) is 20.7. The number of rotatable bonds is 11. The molecule has 2 fully saturated rings. The Morgan fingerprint density at radius 2 is 1.95 bits per heavy atom. The predicted molar refractivity (Wildman–Crippen MR) is 130 cm³/mol. The summed E-state index contributed by atoms with van der Waals surface area (Å²) in [6, 6.07) is 6.31. The van der Waals surface area contributed by atoms with Crippen LogP contribution in [0.4, 0.5) is 17.6 Å². The number of hydrogen-bond acceptors (Lipinski definition) is 6. The van der Waals surface area contributed by atoms with Crippen LogP contribution in [-0.4, -0.2) is 72.1 Å². The lowest BCUT2D eigenvalue weighted by molar-refractivity contribution is -0.0502. The molecule has 8 nitrogen and oxygen atoms in total. The van der Waals surface area contributed by atoms with Crippen molar-refractivity contribution >= 4 is 11.6 Å². The Bertz CT molecular complexity index is 1300. The fraction of sp³-hybridized carbons (Fsp3) is 0.462. The van der Waals surface area contributed by atoms with Crippen molar-refractivity contribution in [2.24, 2.45) is 0 Å². The van der Waals surface area contributed by atoms with Gasteiger partial charge in [-0.1, -0.05) is 0 Å². The molecule has 2 aliphatic rings. The van der Waals surface area contributed by atoms with E-state index in [1.807, 2.05) is 0 Å². The summed E-state index contributed by atoms with van der Waals surface area (Å²) in [4.78, 5) is 18.9. The number of alkyl halides is 4. The lowest BCUT2D eigenvalue weighted by atomic mass is 10.1. The molecule has 1 aliphatic heterocycles. The molecule has 1 N–H and O–H groups in total. The van der Waals surface area contributed by atoms with Crippen LogP contribution >= 0.6 is 0 Å². The predicted octanol–water partition coefficient (Wildman–Crippen LogP) is 4.61. The number of aromatic nitrogens is 2. The molecule has 5 rings (SSSR count). The summed E-state index contributed by atoms with van der Waals surface area (Å²) in [7, 11) is 1.35. The van der Waals surface area contributed by atoms with Gasteiger partial charge in [-0.05, 0) is 50.4 Å². The molecule has 204 valence electrons. The van der Waals surface area contributed by atoms with Crippen molar-refractivity contribution in [1.82, 2.24) is 19.6 Å². The second-order valence-corrected chi connectivity index (χ2v) is 9.41. The summed E-state index contributed by atoms with van der Waals surface area (Å²) < 4.78 is 69.9. The Balaban J connectivity index is 1.39. The van der Waals surface area contributed by atoms with Gasteiger partial charge >= 0.3 is 6.61 Å². The molecule has 0 radical (unpaired) electrons. The van der Waals surface area contributed by atoms with Crippen LogP contribution in [0, 0.1) is 0 Å². The van der Waals surface area contributed by atoms with Gasteiger partial charge in [0, 0.05) is 29.9 Å². The van der Waals surface area contributed by atoms with E-state index in [1.54, 1.807) is 39.9 Å². The van der Waals surface area contributed by atoms with Crippen LogP contribution in [0.2, 0.25) is 0 Å². The number of nitrogens with one attached hydrogen (secondary N) is 1. The van der Waals surface area contributed by atoms with Gasteiger partial charge in [-0.15, -0.1) is 0 Å². The first kappa shape index (κ1) is 26.1. The average Bonchev–Trinajstić information content (AvgIpc) is 3.41. The highest BCUT2D eigenvalue weighted by atomic mass is 19.3. The smallest absolute Gasteiger partial charge is 0.387 e. The van der Waals surface area contributed by atoms with Crippen LogP contribution < -0.4 is 19.5 Å². The first-order valence-corrected chi connectivity index (χ1v) is 12.4. The van der Waals surface area contributed by atoms with Crippen LogP contribution in [0.1, 0.15) is 36.0 Å².